The topological polar surface area (TPSA) is 46.5 Å². The van der Waals surface area contributed by atoms with Crippen molar-refractivity contribution in [3.05, 3.63) is 60.7 Å². The largest absolute Gasteiger partial charge is 0.407 e. The lowest BCUT2D eigenvalue weighted by atomic mass is 10.2. The minimum absolute atomic E-state index is 0.0421. The maximum atomic E-state index is 11.8. The predicted octanol–water partition coefficient (Wildman–Crippen LogP) is 2.90. The maximum absolute atomic E-state index is 11.8. The molecule has 2 aromatic carbocycles. The third kappa shape index (κ3) is 4.45. The molecule has 0 bridgehead atoms. The van der Waals surface area contributed by atoms with E-state index in [-0.39, 0.29) is 23.8 Å². The molecule has 0 saturated heterocycles. The summed E-state index contributed by atoms with van der Waals surface area (Å²) in [6.07, 6.45) is 0.537. The van der Waals surface area contributed by atoms with Crippen LogP contribution in [0.25, 0.3) is 0 Å². The van der Waals surface area contributed by atoms with Crippen molar-refractivity contribution in [3.8, 4) is 0 Å². The van der Waals surface area contributed by atoms with Crippen molar-refractivity contribution >= 4 is 24.5 Å². The Balaban J connectivity index is 2.44. The van der Waals surface area contributed by atoms with Gasteiger partial charge in [-0.3, -0.25) is 4.79 Å². The molecule has 0 aliphatic rings. The molecule has 0 spiro atoms. The zero-order valence-corrected chi connectivity index (χ0v) is 16.4. The highest BCUT2D eigenvalue weighted by atomic mass is 28.4. The summed E-state index contributed by atoms with van der Waals surface area (Å²) >= 11 is 0. The lowest BCUT2D eigenvalue weighted by molar-refractivity contribution is -0.120. The molecule has 3 nitrogen and oxygen atoms in total. The van der Waals surface area contributed by atoms with Gasteiger partial charge in [0.25, 0.3) is 8.32 Å². The van der Waals surface area contributed by atoms with E-state index >= 15 is 0 Å². The number of aliphatic hydroxyl groups is 1. The fourth-order valence-electron chi connectivity index (χ4n) is 3.33. The number of benzene rings is 2. The monoisotopic (exact) mass is 356 g/mol. The Kier molecular flexibility index (Phi) is 6.70. The molecule has 134 valence electrons. The van der Waals surface area contributed by atoms with Crippen LogP contribution >= 0.6 is 0 Å². The van der Waals surface area contributed by atoms with Crippen molar-refractivity contribution < 1.29 is 14.3 Å². The molecule has 0 atom stereocenters. The summed E-state index contributed by atoms with van der Waals surface area (Å²) in [5.74, 6) is 0.0421. The quantitative estimate of drug-likeness (QED) is 0.740. The van der Waals surface area contributed by atoms with E-state index in [1.807, 2.05) is 36.4 Å². The summed E-state index contributed by atoms with van der Waals surface area (Å²) < 4.78 is 6.62. The first-order valence-corrected chi connectivity index (χ1v) is 10.7. The van der Waals surface area contributed by atoms with Gasteiger partial charge in [0, 0.05) is 26.1 Å². The zero-order valence-electron chi connectivity index (χ0n) is 15.4. The van der Waals surface area contributed by atoms with Crippen molar-refractivity contribution in [1.29, 1.82) is 0 Å². The summed E-state index contributed by atoms with van der Waals surface area (Å²) in [6.45, 7) is 6.93. The van der Waals surface area contributed by atoms with E-state index in [0.717, 1.165) is 0 Å². The number of hydrogen-bond acceptors (Lipinski definition) is 3. The van der Waals surface area contributed by atoms with Crippen molar-refractivity contribution in [3.63, 3.8) is 0 Å². The Morgan fingerprint density at radius 1 is 0.920 bits per heavy atom. The van der Waals surface area contributed by atoms with Gasteiger partial charge in [0.15, 0.2) is 0 Å². The van der Waals surface area contributed by atoms with Crippen molar-refractivity contribution in [2.24, 2.45) is 0 Å². The first-order valence-electron chi connectivity index (χ1n) is 8.79. The molecule has 0 heterocycles. The summed E-state index contributed by atoms with van der Waals surface area (Å²) in [7, 11) is -2.55. The van der Waals surface area contributed by atoms with Crippen LogP contribution in [0, 0.1) is 0 Å². The average molecular weight is 357 g/mol. The number of rotatable bonds is 8. The molecule has 0 fully saturated rings. The summed E-state index contributed by atoms with van der Waals surface area (Å²) in [6, 6.07) is 20.8. The second-order valence-electron chi connectivity index (χ2n) is 7.27. The molecule has 4 heteroatoms. The van der Waals surface area contributed by atoms with Crippen LogP contribution < -0.4 is 10.4 Å². The molecular weight excluding hydrogens is 328 g/mol. The third-order valence-electron chi connectivity index (χ3n) is 4.51. The minimum atomic E-state index is -2.55. The number of Topliss-reactive ketones (excluding diaryl/α,β-unsaturated/α-hetero) is 1. The molecule has 0 radical (unpaired) electrons. The van der Waals surface area contributed by atoms with Crippen LogP contribution in [0.15, 0.2) is 60.7 Å². The van der Waals surface area contributed by atoms with Crippen LogP contribution in [-0.4, -0.2) is 32.4 Å². The molecule has 0 aliphatic carbocycles. The molecule has 0 aromatic heterocycles. The second-order valence-corrected chi connectivity index (χ2v) is 11.6. The van der Waals surface area contributed by atoms with E-state index < -0.39 is 8.32 Å². The zero-order chi connectivity index (χ0) is 18.3. The lowest BCUT2D eigenvalue weighted by Crippen LogP contribution is -2.66. The highest BCUT2D eigenvalue weighted by molar-refractivity contribution is 6.99. The van der Waals surface area contributed by atoms with Crippen LogP contribution in [0.5, 0.6) is 0 Å². The Bertz CT molecular complexity index is 623. The molecule has 2 rings (SSSR count). The average Bonchev–Trinajstić information content (AvgIpc) is 2.59. The maximum Gasteiger partial charge on any atom is 0.261 e. The van der Waals surface area contributed by atoms with Gasteiger partial charge < -0.3 is 9.53 Å². The van der Waals surface area contributed by atoms with Crippen LogP contribution in [0.3, 0.4) is 0 Å². The molecule has 2 aromatic rings. The van der Waals surface area contributed by atoms with Crippen molar-refractivity contribution in [2.45, 2.75) is 38.7 Å². The molecular formula is C21H28O3Si. The number of carbonyl (C=O) groups excluding carboxylic acids is 1. The fourth-order valence-corrected chi connectivity index (χ4v) is 7.89. The molecule has 0 amide bonds. The number of ketones is 1. The van der Waals surface area contributed by atoms with Gasteiger partial charge in [0.1, 0.15) is 5.78 Å². The SMILES string of the molecule is CC(C)(C)[Si](OCCC(=O)CCO)(c1ccccc1)c1ccccc1. The summed E-state index contributed by atoms with van der Waals surface area (Å²) in [5, 5.41) is 11.3. The fraction of sp³-hybridized carbons (Fsp3) is 0.381. The highest BCUT2D eigenvalue weighted by Gasteiger charge is 2.49. The van der Waals surface area contributed by atoms with Crippen molar-refractivity contribution in [1.82, 2.24) is 0 Å². The van der Waals surface area contributed by atoms with Crippen LogP contribution in [0.1, 0.15) is 33.6 Å². The molecule has 1 N–H and O–H groups in total. The number of aliphatic hydroxyl groups excluding tert-OH is 1. The molecule has 25 heavy (non-hydrogen) atoms. The van der Waals surface area contributed by atoms with Gasteiger partial charge in [-0.15, -0.1) is 0 Å². The molecule has 0 unspecified atom stereocenters. The Morgan fingerprint density at radius 3 is 1.80 bits per heavy atom. The number of carbonyl (C=O) groups is 1. The Hall–Kier alpha value is -1.75. The van der Waals surface area contributed by atoms with Crippen LogP contribution in [0.4, 0.5) is 0 Å². The van der Waals surface area contributed by atoms with E-state index in [1.165, 1.54) is 10.4 Å². The molecule has 0 saturated carbocycles. The first-order chi connectivity index (χ1) is 11.9. The Morgan fingerprint density at radius 2 is 1.40 bits per heavy atom. The van der Waals surface area contributed by atoms with Gasteiger partial charge in [0.05, 0.1) is 0 Å². The predicted molar refractivity (Wildman–Crippen MR) is 105 cm³/mol. The van der Waals surface area contributed by atoms with E-state index in [0.29, 0.717) is 13.0 Å². The molecule has 0 aliphatic heterocycles. The summed E-state index contributed by atoms with van der Waals surface area (Å²) in [4.78, 5) is 11.8. The second kappa shape index (κ2) is 8.56. The van der Waals surface area contributed by atoms with E-state index in [1.54, 1.807) is 0 Å². The van der Waals surface area contributed by atoms with Crippen molar-refractivity contribution in [2.75, 3.05) is 13.2 Å². The summed E-state index contributed by atoms with van der Waals surface area (Å²) in [5.41, 5.74) is 0. The van der Waals surface area contributed by atoms with Gasteiger partial charge in [-0.25, -0.2) is 0 Å². The highest BCUT2D eigenvalue weighted by Crippen LogP contribution is 2.36. The van der Waals surface area contributed by atoms with Gasteiger partial charge in [-0.05, 0) is 15.4 Å². The van der Waals surface area contributed by atoms with Gasteiger partial charge in [0.2, 0.25) is 0 Å². The van der Waals surface area contributed by atoms with E-state index in [2.05, 4.69) is 45.0 Å². The van der Waals surface area contributed by atoms with Crippen LogP contribution in [0.2, 0.25) is 5.04 Å². The van der Waals surface area contributed by atoms with E-state index in [9.17, 15) is 4.79 Å². The van der Waals surface area contributed by atoms with Gasteiger partial charge in [-0.2, -0.15) is 0 Å². The first kappa shape index (κ1) is 19.6. The number of hydrogen-bond donors (Lipinski definition) is 1. The van der Waals surface area contributed by atoms with Gasteiger partial charge in [-0.1, -0.05) is 81.4 Å². The normalized spacial score (nSPS) is 12.2. The Labute approximate surface area is 151 Å². The lowest BCUT2D eigenvalue weighted by Gasteiger charge is -2.43. The third-order valence-corrected chi connectivity index (χ3v) is 9.55. The van der Waals surface area contributed by atoms with Crippen LogP contribution in [-0.2, 0) is 9.22 Å². The van der Waals surface area contributed by atoms with Gasteiger partial charge >= 0.3 is 0 Å². The smallest absolute Gasteiger partial charge is 0.261 e. The standard InChI is InChI=1S/C21H28O3Si/c1-21(2,3)25(19-10-6-4-7-11-19,20-12-8-5-9-13-20)24-17-15-18(23)14-16-22/h4-13,22H,14-17H2,1-3H3. The minimum Gasteiger partial charge on any atom is -0.407 e. The van der Waals surface area contributed by atoms with E-state index in [4.69, 9.17) is 9.53 Å².